The first-order chi connectivity index (χ1) is 7.60. The Labute approximate surface area is 92.8 Å². The summed E-state index contributed by atoms with van der Waals surface area (Å²) in [5.74, 6) is -1.06. The predicted octanol–water partition coefficient (Wildman–Crippen LogP) is 0.838. The lowest BCUT2D eigenvalue weighted by atomic mass is 10.1. The van der Waals surface area contributed by atoms with Gasteiger partial charge in [-0.2, -0.15) is 5.10 Å². The van der Waals surface area contributed by atoms with Crippen LogP contribution < -0.4 is 0 Å². The maximum Gasteiger partial charge on any atom is 0.343 e. The van der Waals surface area contributed by atoms with E-state index in [2.05, 4.69) is 9.84 Å². The van der Waals surface area contributed by atoms with Crippen molar-refractivity contribution in [2.75, 3.05) is 6.61 Å². The van der Waals surface area contributed by atoms with Crippen molar-refractivity contribution in [3.05, 3.63) is 18.0 Å². The number of alkyl halides is 1. The number of hydrogen-bond donors (Lipinski definition) is 1. The van der Waals surface area contributed by atoms with Gasteiger partial charge in [-0.05, 0) is 13.8 Å². The van der Waals surface area contributed by atoms with E-state index in [1.54, 1.807) is 6.92 Å². The molecule has 2 atom stereocenters. The molecule has 16 heavy (non-hydrogen) atoms. The van der Waals surface area contributed by atoms with Gasteiger partial charge in [0.25, 0.3) is 0 Å². The van der Waals surface area contributed by atoms with Gasteiger partial charge in [0.15, 0.2) is 0 Å². The van der Waals surface area contributed by atoms with E-state index in [1.807, 2.05) is 6.92 Å². The van der Waals surface area contributed by atoms with Gasteiger partial charge in [-0.1, -0.05) is 0 Å². The van der Waals surface area contributed by atoms with Crippen LogP contribution in [-0.2, 0) is 16.1 Å². The molecule has 1 aromatic heterocycles. The summed E-state index contributed by atoms with van der Waals surface area (Å²) in [6.45, 7) is 4.14. The highest BCUT2D eigenvalue weighted by Gasteiger charge is 2.29. The molecule has 0 radical (unpaired) electrons. The van der Waals surface area contributed by atoms with E-state index in [0.29, 0.717) is 6.54 Å². The van der Waals surface area contributed by atoms with E-state index in [1.165, 1.54) is 17.1 Å². The van der Waals surface area contributed by atoms with Crippen molar-refractivity contribution >= 4 is 5.97 Å². The highest BCUT2D eigenvalue weighted by Crippen LogP contribution is 2.19. The van der Waals surface area contributed by atoms with Gasteiger partial charge in [-0.3, -0.25) is 4.68 Å². The Morgan fingerprint density at radius 3 is 2.88 bits per heavy atom. The number of carbonyl (C=O) groups is 1. The number of aryl methyl sites for hydroxylation is 1. The third-order valence-electron chi connectivity index (χ3n) is 2.11. The van der Waals surface area contributed by atoms with Crippen LogP contribution >= 0.6 is 0 Å². The van der Waals surface area contributed by atoms with Gasteiger partial charge in [-0.15, -0.1) is 0 Å². The van der Waals surface area contributed by atoms with Gasteiger partial charge in [0, 0.05) is 18.3 Å². The standard InChI is InChI=1S/C10H15FN2O3/c1-3-13-6-7(5-12-13)9(14)8(11)10(15)16-4-2/h5-6,8-9,14H,3-4H2,1-2H3. The molecule has 0 saturated heterocycles. The SMILES string of the molecule is CCOC(=O)C(F)C(O)c1cnn(CC)c1. The molecular formula is C10H15FN2O3. The van der Waals surface area contributed by atoms with E-state index in [4.69, 9.17) is 0 Å². The third-order valence-corrected chi connectivity index (χ3v) is 2.11. The molecule has 1 aromatic rings. The molecule has 6 heteroatoms. The summed E-state index contributed by atoms with van der Waals surface area (Å²) in [4.78, 5) is 11.0. The van der Waals surface area contributed by atoms with Gasteiger partial charge >= 0.3 is 5.97 Å². The minimum atomic E-state index is -2.07. The molecule has 0 aromatic carbocycles. The van der Waals surface area contributed by atoms with Crippen LogP contribution in [0.2, 0.25) is 0 Å². The first-order valence-electron chi connectivity index (χ1n) is 5.11. The zero-order valence-corrected chi connectivity index (χ0v) is 9.26. The summed E-state index contributed by atoms with van der Waals surface area (Å²) < 4.78 is 19.4. The summed E-state index contributed by atoms with van der Waals surface area (Å²) in [5, 5.41) is 13.4. The first kappa shape index (κ1) is 12.6. The first-order valence-corrected chi connectivity index (χ1v) is 5.11. The fourth-order valence-corrected chi connectivity index (χ4v) is 1.22. The highest BCUT2D eigenvalue weighted by molar-refractivity contribution is 5.75. The number of esters is 1. The maximum absolute atomic E-state index is 13.4. The zero-order valence-electron chi connectivity index (χ0n) is 9.26. The summed E-state index contributed by atoms with van der Waals surface area (Å²) in [7, 11) is 0. The number of aromatic nitrogens is 2. The van der Waals surface area contributed by atoms with Crippen LogP contribution in [0.4, 0.5) is 4.39 Å². The number of ether oxygens (including phenoxy) is 1. The highest BCUT2D eigenvalue weighted by atomic mass is 19.1. The summed E-state index contributed by atoms with van der Waals surface area (Å²) in [5.41, 5.74) is 0.266. The van der Waals surface area contributed by atoms with Gasteiger partial charge in [0.2, 0.25) is 6.17 Å². The van der Waals surface area contributed by atoms with Gasteiger partial charge < -0.3 is 9.84 Å². The Hall–Kier alpha value is -1.43. The maximum atomic E-state index is 13.4. The second-order valence-electron chi connectivity index (χ2n) is 3.23. The molecular weight excluding hydrogens is 215 g/mol. The lowest BCUT2D eigenvalue weighted by Crippen LogP contribution is -2.25. The fraction of sp³-hybridized carbons (Fsp3) is 0.600. The molecule has 1 heterocycles. The largest absolute Gasteiger partial charge is 0.464 e. The monoisotopic (exact) mass is 230 g/mol. The van der Waals surface area contributed by atoms with Gasteiger partial charge in [0.05, 0.1) is 12.8 Å². The Balaban J connectivity index is 2.69. The molecule has 0 aliphatic carbocycles. The van der Waals surface area contributed by atoms with Crippen molar-refractivity contribution in [2.24, 2.45) is 0 Å². The van der Waals surface area contributed by atoms with Crippen molar-refractivity contribution in [2.45, 2.75) is 32.7 Å². The molecule has 1 rings (SSSR count). The second kappa shape index (κ2) is 5.60. The number of carbonyl (C=O) groups excluding carboxylic acids is 1. The van der Waals surface area contributed by atoms with E-state index in [-0.39, 0.29) is 12.2 Å². The zero-order chi connectivity index (χ0) is 12.1. The predicted molar refractivity (Wildman–Crippen MR) is 54.4 cm³/mol. The average molecular weight is 230 g/mol. The van der Waals surface area contributed by atoms with Crippen LogP contribution in [0, 0.1) is 0 Å². The van der Waals surface area contributed by atoms with Crippen molar-refractivity contribution in [1.29, 1.82) is 0 Å². The number of halogens is 1. The van der Waals surface area contributed by atoms with Crippen LogP contribution in [0.1, 0.15) is 25.5 Å². The number of aliphatic hydroxyl groups excluding tert-OH is 1. The molecule has 0 fully saturated rings. The molecule has 0 amide bonds. The van der Waals surface area contributed by atoms with Gasteiger partial charge in [-0.25, -0.2) is 9.18 Å². The minimum Gasteiger partial charge on any atom is -0.464 e. The van der Waals surface area contributed by atoms with Crippen molar-refractivity contribution in [3.63, 3.8) is 0 Å². The number of aliphatic hydroxyl groups is 1. The van der Waals surface area contributed by atoms with E-state index in [0.717, 1.165) is 0 Å². The Morgan fingerprint density at radius 1 is 1.69 bits per heavy atom. The van der Waals surface area contributed by atoms with E-state index < -0.39 is 18.2 Å². The summed E-state index contributed by atoms with van der Waals surface area (Å²) in [6, 6.07) is 0. The number of rotatable bonds is 5. The molecule has 0 aliphatic heterocycles. The van der Waals surface area contributed by atoms with E-state index in [9.17, 15) is 14.3 Å². The molecule has 2 unspecified atom stereocenters. The minimum absolute atomic E-state index is 0.0835. The molecule has 5 nitrogen and oxygen atoms in total. The van der Waals surface area contributed by atoms with Crippen molar-refractivity contribution < 1.29 is 19.0 Å². The number of nitrogens with zero attached hydrogens (tertiary/aromatic N) is 2. The van der Waals surface area contributed by atoms with Crippen LogP contribution in [0.15, 0.2) is 12.4 Å². The smallest absolute Gasteiger partial charge is 0.343 e. The Kier molecular flexibility index (Phi) is 4.42. The molecule has 90 valence electrons. The number of hydrogen-bond acceptors (Lipinski definition) is 4. The lowest BCUT2D eigenvalue weighted by Gasteiger charge is -2.12. The normalized spacial score (nSPS) is 14.5. The Bertz CT molecular complexity index is 354. The molecule has 0 aliphatic rings. The second-order valence-corrected chi connectivity index (χ2v) is 3.23. The van der Waals surface area contributed by atoms with Crippen molar-refractivity contribution in [3.8, 4) is 0 Å². The molecule has 0 spiro atoms. The van der Waals surface area contributed by atoms with Crippen LogP contribution in [0.5, 0.6) is 0 Å². The van der Waals surface area contributed by atoms with E-state index >= 15 is 0 Å². The third kappa shape index (κ3) is 2.79. The molecule has 1 N–H and O–H groups in total. The summed E-state index contributed by atoms with van der Waals surface area (Å²) in [6.07, 6.45) is -0.773. The van der Waals surface area contributed by atoms with Crippen LogP contribution in [0.25, 0.3) is 0 Å². The van der Waals surface area contributed by atoms with Crippen molar-refractivity contribution in [1.82, 2.24) is 9.78 Å². The topological polar surface area (TPSA) is 64.3 Å². The summed E-state index contributed by atoms with van der Waals surface area (Å²) >= 11 is 0. The van der Waals surface area contributed by atoms with Gasteiger partial charge in [0.1, 0.15) is 6.10 Å². The lowest BCUT2D eigenvalue weighted by molar-refractivity contribution is -0.153. The Morgan fingerprint density at radius 2 is 2.38 bits per heavy atom. The van der Waals surface area contributed by atoms with Crippen LogP contribution in [-0.4, -0.2) is 33.6 Å². The molecule has 0 bridgehead atoms. The van der Waals surface area contributed by atoms with Crippen LogP contribution in [0.3, 0.4) is 0 Å². The average Bonchev–Trinajstić information content (AvgIpc) is 2.75. The fourth-order valence-electron chi connectivity index (χ4n) is 1.22. The molecule has 0 saturated carbocycles. The quantitative estimate of drug-likeness (QED) is 0.761.